The van der Waals surface area contributed by atoms with E-state index in [1.165, 1.54) is 0 Å². The molecule has 0 aliphatic carbocycles. The number of amides is 1. The molecule has 8 heteroatoms. The predicted octanol–water partition coefficient (Wildman–Crippen LogP) is 3.71. The summed E-state index contributed by atoms with van der Waals surface area (Å²) in [6, 6.07) is 14.9. The average Bonchev–Trinajstić information content (AvgIpc) is 3.26. The van der Waals surface area contributed by atoms with Crippen molar-refractivity contribution in [2.75, 3.05) is 7.11 Å². The molecule has 2 N–H and O–H groups in total. The van der Waals surface area contributed by atoms with Crippen LogP contribution in [0.5, 0.6) is 5.75 Å². The monoisotopic (exact) mass is 432 g/mol. The highest BCUT2D eigenvalue weighted by atomic mass is 16.5. The van der Waals surface area contributed by atoms with Crippen LogP contribution in [0.4, 0.5) is 0 Å². The molecule has 0 aliphatic rings. The molecule has 2 heterocycles. The number of nitrogens with zero attached hydrogens (tertiary/aromatic N) is 2. The molecular weight excluding hydrogens is 408 g/mol. The molecule has 4 aromatic rings. The zero-order chi connectivity index (χ0) is 22.7. The van der Waals surface area contributed by atoms with E-state index in [9.17, 15) is 9.59 Å². The first-order valence-electron chi connectivity index (χ1n) is 10.3. The Morgan fingerprint density at radius 1 is 1.19 bits per heavy atom. The molecular formula is C24H24N4O4. The number of aryl methyl sites for hydroxylation is 2. The van der Waals surface area contributed by atoms with Crippen LogP contribution in [0.3, 0.4) is 0 Å². The van der Waals surface area contributed by atoms with E-state index < -0.39 is 0 Å². The highest BCUT2D eigenvalue weighted by molar-refractivity contribution is 5.82. The molecule has 1 unspecified atom stereocenters. The number of carbonyl (C=O) groups is 1. The summed E-state index contributed by atoms with van der Waals surface area (Å²) in [6.07, 6.45) is 0.467. The van der Waals surface area contributed by atoms with Crippen molar-refractivity contribution in [2.45, 2.75) is 32.7 Å². The zero-order valence-corrected chi connectivity index (χ0v) is 18.1. The quantitative estimate of drug-likeness (QED) is 0.461. The van der Waals surface area contributed by atoms with Crippen molar-refractivity contribution in [1.82, 2.24) is 20.4 Å². The van der Waals surface area contributed by atoms with Gasteiger partial charge >= 0.3 is 0 Å². The van der Waals surface area contributed by atoms with Crippen LogP contribution in [0.1, 0.15) is 36.4 Å². The molecule has 2 aromatic heterocycles. The van der Waals surface area contributed by atoms with Crippen LogP contribution in [-0.2, 0) is 11.2 Å². The van der Waals surface area contributed by atoms with Crippen LogP contribution in [0, 0.1) is 6.92 Å². The van der Waals surface area contributed by atoms with Crippen molar-refractivity contribution in [1.29, 1.82) is 0 Å². The van der Waals surface area contributed by atoms with Gasteiger partial charge < -0.3 is 19.6 Å². The lowest BCUT2D eigenvalue weighted by molar-refractivity contribution is -0.121. The van der Waals surface area contributed by atoms with Gasteiger partial charge in [-0.1, -0.05) is 29.4 Å². The Bertz CT molecular complexity index is 1310. The number of hydrogen-bond donors (Lipinski definition) is 2. The molecule has 0 saturated heterocycles. The van der Waals surface area contributed by atoms with E-state index in [-0.39, 0.29) is 36.2 Å². The third-order valence-corrected chi connectivity index (χ3v) is 5.27. The van der Waals surface area contributed by atoms with Gasteiger partial charge in [0.25, 0.3) is 5.56 Å². The van der Waals surface area contributed by atoms with E-state index in [0.29, 0.717) is 11.5 Å². The number of pyridine rings is 1. The summed E-state index contributed by atoms with van der Waals surface area (Å²) >= 11 is 0. The summed E-state index contributed by atoms with van der Waals surface area (Å²) in [5.74, 6) is 1.14. The van der Waals surface area contributed by atoms with Crippen LogP contribution < -0.4 is 15.6 Å². The number of hydrogen-bond acceptors (Lipinski definition) is 6. The molecule has 0 fully saturated rings. The normalized spacial score (nSPS) is 12.0. The standard InChI is InChI=1S/C24H24N4O4/c1-14-4-5-17-13-19(24(30)26-20(17)12-14)23-27-22(32-28-23)11-10-21(29)25-15(2)16-6-8-18(31-3)9-7-16/h4-9,12-13,15H,10-11H2,1-3H3,(H,25,29)(H,26,30). The Morgan fingerprint density at radius 3 is 2.72 bits per heavy atom. The number of aromatic amines is 1. The van der Waals surface area contributed by atoms with Crippen LogP contribution in [0.25, 0.3) is 22.3 Å². The highest BCUT2D eigenvalue weighted by Gasteiger charge is 2.15. The number of ether oxygens (including phenoxy) is 1. The molecule has 1 atom stereocenters. The predicted molar refractivity (Wildman–Crippen MR) is 120 cm³/mol. The summed E-state index contributed by atoms with van der Waals surface area (Å²) in [5.41, 5.74) is 2.83. The van der Waals surface area contributed by atoms with Crippen molar-refractivity contribution in [3.63, 3.8) is 0 Å². The number of methoxy groups -OCH3 is 1. The molecule has 0 bridgehead atoms. The SMILES string of the molecule is COc1ccc(C(C)NC(=O)CCc2nc(-c3cc4ccc(C)cc4[nH]c3=O)no2)cc1. The van der Waals surface area contributed by atoms with Crippen molar-refractivity contribution >= 4 is 16.8 Å². The number of nitrogens with one attached hydrogen (secondary N) is 2. The summed E-state index contributed by atoms with van der Waals surface area (Å²) in [5, 5.41) is 7.75. The first-order chi connectivity index (χ1) is 15.4. The van der Waals surface area contributed by atoms with Crippen molar-refractivity contribution in [2.24, 2.45) is 0 Å². The van der Waals surface area contributed by atoms with Gasteiger partial charge in [-0.05, 0) is 54.6 Å². The van der Waals surface area contributed by atoms with Gasteiger partial charge in [0.1, 0.15) is 5.75 Å². The van der Waals surface area contributed by atoms with Gasteiger partial charge in [0.05, 0.1) is 18.7 Å². The third-order valence-electron chi connectivity index (χ3n) is 5.27. The minimum atomic E-state index is -0.290. The molecule has 0 spiro atoms. The summed E-state index contributed by atoms with van der Waals surface area (Å²) in [4.78, 5) is 32.0. The molecule has 0 radical (unpaired) electrons. The van der Waals surface area contributed by atoms with Crippen LogP contribution >= 0.6 is 0 Å². The second-order valence-corrected chi connectivity index (χ2v) is 7.68. The summed E-state index contributed by atoms with van der Waals surface area (Å²) in [6.45, 7) is 3.88. The van der Waals surface area contributed by atoms with Crippen molar-refractivity contribution in [3.05, 3.63) is 75.9 Å². The summed E-state index contributed by atoms with van der Waals surface area (Å²) in [7, 11) is 1.61. The van der Waals surface area contributed by atoms with Gasteiger partial charge in [0.15, 0.2) is 0 Å². The summed E-state index contributed by atoms with van der Waals surface area (Å²) < 4.78 is 10.4. The minimum Gasteiger partial charge on any atom is -0.497 e. The van der Waals surface area contributed by atoms with E-state index >= 15 is 0 Å². The number of H-pyrrole nitrogens is 1. The maximum atomic E-state index is 12.5. The van der Waals surface area contributed by atoms with Gasteiger partial charge in [-0.25, -0.2) is 0 Å². The Hall–Kier alpha value is -3.94. The smallest absolute Gasteiger partial charge is 0.259 e. The average molecular weight is 432 g/mol. The van der Waals surface area contributed by atoms with Crippen molar-refractivity contribution in [3.8, 4) is 17.1 Å². The largest absolute Gasteiger partial charge is 0.497 e. The molecule has 8 nitrogen and oxygen atoms in total. The van der Waals surface area contributed by atoms with Gasteiger partial charge in [0, 0.05) is 18.4 Å². The van der Waals surface area contributed by atoms with Gasteiger partial charge in [-0.15, -0.1) is 0 Å². The molecule has 164 valence electrons. The fraction of sp³-hybridized carbons (Fsp3) is 0.250. The van der Waals surface area contributed by atoms with Gasteiger partial charge in [-0.2, -0.15) is 4.98 Å². The van der Waals surface area contributed by atoms with E-state index in [1.807, 2.05) is 56.3 Å². The van der Waals surface area contributed by atoms with E-state index in [2.05, 4.69) is 20.4 Å². The van der Waals surface area contributed by atoms with Crippen LogP contribution in [0.15, 0.2) is 57.8 Å². The Labute approximate surface area is 184 Å². The second-order valence-electron chi connectivity index (χ2n) is 7.68. The topological polar surface area (TPSA) is 110 Å². The molecule has 4 rings (SSSR count). The number of fused-ring (bicyclic) bond motifs is 1. The molecule has 32 heavy (non-hydrogen) atoms. The van der Waals surface area contributed by atoms with Gasteiger partial charge in [0.2, 0.25) is 17.6 Å². The first-order valence-corrected chi connectivity index (χ1v) is 10.3. The number of aromatic nitrogens is 3. The van der Waals surface area contributed by atoms with E-state index in [1.54, 1.807) is 13.2 Å². The van der Waals surface area contributed by atoms with E-state index in [0.717, 1.165) is 27.8 Å². The van der Waals surface area contributed by atoms with Gasteiger partial charge in [-0.3, -0.25) is 9.59 Å². The second kappa shape index (κ2) is 9.05. The number of carbonyl (C=O) groups excluding carboxylic acids is 1. The highest BCUT2D eigenvalue weighted by Crippen LogP contribution is 2.19. The fourth-order valence-electron chi connectivity index (χ4n) is 3.46. The molecule has 0 aliphatic heterocycles. The van der Waals surface area contributed by atoms with Crippen LogP contribution in [-0.4, -0.2) is 28.1 Å². The van der Waals surface area contributed by atoms with Crippen molar-refractivity contribution < 1.29 is 14.1 Å². The fourth-order valence-corrected chi connectivity index (χ4v) is 3.46. The lowest BCUT2D eigenvalue weighted by Crippen LogP contribution is -2.26. The Morgan fingerprint density at radius 2 is 1.97 bits per heavy atom. The van der Waals surface area contributed by atoms with Crippen LogP contribution in [0.2, 0.25) is 0 Å². The molecule has 0 saturated carbocycles. The first kappa shape index (κ1) is 21.3. The Balaban J connectivity index is 1.39. The number of rotatable bonds is 7. The number of benzene rings is 2. The molecule has 1 amide bonds. The maximum absolute atomic E-state index is 12.5. The zero-order valence-electron chi connectivity index (χ0n) is 18.1. The van der Waals surface area contributed by atoms with E-state index in [4.69, 9.17) is 9.26 Å². The molecule has 2 aromatic carbocycles. The maximum Gasteiger partial charge on any atom is 0.259 e. The lowest BCUT2D eigenvalue weighted by atomic mass is 10.1. The third kappa shape index (κ3) is 4.69. The lowest BCUT2D eigenvalue weighted by Gasteiger charge is -2.14. The Kier molecular flexibility index (Phi) is 6.02. The minimum absolute atomic E-state index is 0.132.